The van der Waals surface area contributed by atoms with Crippen LogP contribution in [0.25, 0.3) is 10.2 Å². The number of aromatic nitrogens is 2. The Hall–Kier alpha value is -0.810. The van der Waals surface area contributed by atoms with Gasteiger partial charge in [-0.2, -0.15) is 0 Å². The Labute approximate surface area is 110 Å². The van der Waals surface area contributed by atoms with Crippen LogP contribution in [0.2, 0.25) is 0 Å². The third-order valence-corrected chi connectivity index (χ3v) is 4.35. The van der Waals surface area contributed by atoms with Crippen LogP contribution in [0.15, 0.2) is 11.1 Å². The maximum Gasteiger partial charge on any atom is 0.225 e. The van der Waals surface area contributed by atoms with Crippen LogP contribution in [-0.2, 0) is 6.42 Å². The summed E-state index contributed by atoms with van der Waals surface area (Å²) in [6, 6.07) is 2.22. The van der Waals surface area contributed by atoms with Crippen LogP contribution in [0.3, 0.4) is 0 Å². The van der Waals surface area contributed by atoms with Crippen LogP contribution in [0.5, 0.6) is 0 Å². The molecule has 0 aliphatic rings. The fraction of sp³-hybridized carbons (Fsp3) is 0.500. The number of hydrogen-bond acceptors (Lipinski definition) is 5. The van der Waals surface area contributed by atoms with E-state index in [9.17, 15) is 0 Å². The number of thiophene rings is 1. The van der Waals surface area contributed by atoms with Crippen molar-refractivity contribution in [3.8, 4) is 0 Å². The molecule has 0 saturated heterocycles. The smallest absolute Gasteiger partial charge is 0.225 e. The Morgan fingerprint density at radius 1 is 1.35 bits per heavy atom. The largest absolute Gasteiger partial charge is 0.354 e. The summed E-state index contributed by atoms with van der Waals surface area (Å²) in [4.78, 5) is 11.6. The molecule has 0 saturated carbocycles. The Morgan fingerprint density at radius 2 is 2.18 bits per heavy atom. The van der Waals surface area contributed by atoms with Gasteiger partial charge in [0.05, 0.1) is 0 Å². The molecular formula is C12H17N3S2. The van der Waals surface area contributed by atoms with Crippen LogP contribution in [0.1, 0.15) is 25.1 Å². The fourth-order valence-corrected chi connectivity index (χ4v) is 3.18. The maximum atomic E-state index is 4.57. The third kappa shape index (κ3) is 2.72. The normalized spacial score (nSPS) is 11.0. The van der Waals surface area contributed by atoms with E-state index in [2.05, 4.69) is 41.5 Å². The van der Waals surface area contributed by atoms with Crippen LogP contribution >= 0.6 is 23.1 Å². The van der Waals surface area contributed by atoms with Gasteiger partial charge < -0.3 is 5.32 Å². The van der Waals surface area contributed by atoms with Gasteiger partial charge in [-0.15, -0.1) is 23.1 Å². The zero-order chi connectivity index (χ0) is 12.3. The first-order chi connectivity index (χ1) is 8.28. The van der Waals surface area contributed by atoms with Gasteiger partial charge >= 0.3 is 0 Å². The molecule has 0 bridgehead atoms. The summed E-state index contributed by atoms with van der Waals surface area (Å²) < 4.78 is 0. The number of nitrogens with one attached hydrogen (secondary N) is 1. The SMILES string of the molecule is CCCNc1nc(SC)c2cc(CC)sc2n1. The van der Waals surface area contributed by atoms with Gasteiger partial charge in [0.15, 0.2) is 0 Å². The number of anilines is 1. The minimum atomic E-state index is 0.758. The third-order valence-electron chi connectivity index (χ3n) is 2.48. The van der Waals surface area contributed by atoms with Crippen LogP contribution in [-0.4, -0.2) is 22.8 Å². The Kier molecular flexibility index (Phi) is 4.23. The second-order valence-corrected chi connectivity index (χ2v) is 5.68. The number of rotatable bonds is 5. The topological polar surface area (TPSA) is 37.8 Å². The van der Waals surface area contributed by atoms with E-state index >= 15 is 0 Å². The lowest BCUT2D eigenvalue weighted by molar-refractivity contribution is 0.947. The first-order valence-corrected chi connectivity index (χ1v) is 7.90. The van der Waals surface area contributed by atoms with Crippen molar-refractivity contribution in [2.75, 3.05) is 18.1 Å². The van der Waals surface area contributed by atoms with Crippen molar-refractivity contribution in [1.29, 1.82) is 0 Å². The lowest BCUT2D eigenvalue weighted by Crippen LogP contribution is -2.04. The number of fused-ring (bicyclic) bond motifs is 1. The maximum absolute atomic E-state index is 4.57. The van der Waals surface area contributed by atoms with Crippen molar-refractivity contribution in [3.05, 3.63) is 10.9 Å². The molecule has 17 heavy (non-hydrogen) atoms. The Balaban J connectivity index is 2.44. The minimum Gasteiger partial charge on any atom is -0.354 e. The molecule has 92 valence electrons. The Morgan fingerprint density at radius 3 is 2.82 bits per heavy atom. The predicted molar refractivity (Wildman–Crippen MR) is 77.4 cm³/mol. The number of nitrogens with zero attached hydrogens (tertiary/aromatic N) is 2. The molecular weight excluding hydrogens is 250 g/mol. The number of hydrogen-bond donors (Lipinski definition) is 1. The standard InChI is InChI=1S/C12H17N3S2/c1-4-6-13-12-14-10(16-3)9-7-8(5-2)17-11(9)15-12/h7H,4-6H2,1-3H3,(H,13,14,15). The molecule has 2 rings (SSSR count). The molecule has 0 radical (unpaired) electrons. The number of thioether (sulfide) groups is 1. The molecule has 5 heteroatoms. The monoisotopic (exact) mass is 267 g/mol. The van der Waals surface area contributed by atoms with E-state index in [1.807, 2.05) is 0 Å². The van der Waals surface area contributed by atoms with Gasteiger partial charge in [-0.25, -0.2) is 9.97 Å². The quantitative estimate of drug-likeness (QED) is 0.660. The van der Waals surface area contributed by atoms with Gasteiger partial charge in [0.25, 0.3) is 0 Å². The summed E-state index contributed by atoms with van der Waals surface area (Å²) >= 11 is 3.46. The fourth-order valence-electron chi connectivity index (χ4n) is 1.59. The van der Waals surface area contributed by atoms with Crippen molar-refractivity contribution in [1.82, 2.24) is 9.97 Å². The number of aryl methyl sites for hydroxylation is 1. The molecule has 0 atom stereocenters. The lowest BCUT2D eigenvalue weighted by atomic mass is 10.3. The first-order valence-electron chi connectivity index (χ1n) is 5.86. The van der Waals surface area contributed by atoms with E-state index in [0.717, 1.165) is 35.2 Å². The second-order valence-electron chi connectivity index (χ2n) is 3.77. The van der Waals surface area contributed by atoms with Crippen molar-refractivity contribution in [3.63, 3.8) is 0 Å². The van der Waals surface area contributed by atoms with E-state index in [4.69, 9.17) is 0 Å². The molecule has 3 nitrogen and oxygen atoms in total. The molecule has 0 aromatic carbocycles. The van der Waals surface area contributed by atoms with E-state index in [1.54, 1.807) is 23.1 Å². The van der Waals surface area contributed by atoms with Gasteiger partial charge in [-0.1, -0.05) is 13.8 Å². The molecule has 0 spiro atoms. The lowest BCUT2D eigenvalue weighted by Gasteiger charge is -2.04. The zero-order valence-electron chi connectivity index (χ0n) is 10.4. The molecule has 0 aliphatic heterocycles. The zero-order valence-corrected chi connectivity index (χ0v) is 12.0. The van der Waals surface area contributed by atoms with Crippen molar-refractivity contribution in [2.45, 2.75) is 31.7 Å². The van der Waals surface area contributed by atoms with Gasteiger partial charge in [0, 0.05) is 16.8 Å². The summed E-state index contributed by atoms with van der Waals surface area (Å²) in [6.07, 6.45) is 4.21. The molecule has 1 N–H and O–H groups in total. The molecule has 0 amide bonds. The average molecular weight is 267 g/mol. The van der Waals surface area contributed by atoms with Gasteiger partial charge in [-0.3, -0.25) is 0 Å². The van der Waals surface area contributed by atoms with Gasteiger partial charge in [-0.05, 0) is 25.2 Å². The Bertz CT molecular complexity index is 508. The van der Waals surface area contributed by atoms with E-state index in [0.29, 0.717) is 0 Å². The highest BCUT2D eigenvalue weighted by atomic mass is 32.2. The van der Waals surface area contributed by atoms with Crippen LogP contribution in [0.4, 0.5) is 5.95 Å². The molecule has 0 fully saturated rings. The molecule has 0 unspecified atom stereocenters. The molecule has 0 aliphatic carbocycles. The summed E-state index contributed by atoms with van der Waals surface area (Å²) in [5, 5.41) is 5.53. The molecule has 2 aromatic heterocycles. The summed E-state index contributed by atoms with van der Waals surface area (Å²) in [5.74, 6) is 0.758. The highest BCUT2D eigenvalue weighted by molar-refractivity contribution is 7.98. The summed E-state index contributed by atoms with van der Waals surface area (Å²) in [7, 11) is 0. The van der Waals surface area contributed by atoms with Crippen LogP contribution < -0.4 is 5.32 Å². The van der Waals surface area contributed by atoms with Crippen molar-refractivity contribution in [2.24, 2.45) is 0 Å². The molecule has 2 aromatic rings. The van der Waals surface area contributed by atoms with Gasteiger partial charge in [0.2, 0.25) is 5.95 Å². The van der Waals surface area contributed by atoms with E-state index in [-0.39, 0.29) is 0 Å². The average Bonchev–Trinajstić information content (AvgIpc) is 2.78. The summed E-state index contributed by atoms with van der Waals surface area (Å²) in [6.45, 7) is 5.24. The highest BCUT2D eigenvalue weighted by Crippen LogP contribution is 2.31. The highest BCUT2D eigenvalue weighted by Gasteiger charge is 2.10. The van der Waals surface area contributed by atoms with Crippen LogP contribution in [0, 0.1) is 0 Å². The van der Waals surface area contributed by atoms with E-state index in [1.165, 1.54) is 10.3 Å². The second kappa shape index (κ2) is 5.69. The summed E-state index contributed by atoms with van der Waals surface area (Å²) in [5.41, 5.74) is 0. The first kappa shape index (κ1) is 12.6. The van der Waals surface area contributed by atoms with Crippen molar-refractivity contribution < 1.29 is 0 Å². The minimum absolute atomic E-state index is 0.758. The van der Waals surface area contributed by atoms with E-state index < -0.39 is 0 Å². The van der Waals surface area contributed by atoms with Gasteiger partial charge in [0.1, 0.15) is 9.86 Å². The molecule has 2 heterocycles. The van der Waals surface area contributed by atoms with Crippen molar-refractivity contribution >= 4 is 39.3 Å². The predicted octanol–water partition coefficient (Wildman–Crippen LogP) is 3.80.